The van der Waals surface area contributed by atoms with Gasteiger partial charge in [-0.2, -0.15) is 0 Å². The van der Waals surface area contributed by atoms with Crippen molar-refractivity contribution in [1.29, 1.82) is 0 Å². The molecule has 1 aromatic rings. The highest BCUT2D eigenvalue weighted by Crippen LogP contribution is 2.08. The van der Waals surface area contributed by atoms with Crippen LogP contribution in [0.4, 0.5) is 4.79 Å². The highest BCUT2D eigenvalue weighted by Gasteiger charge is 2.25. The van der Waals surface area contributed by atoms with E-state index in [-0.39, 0.29) is 22.8 Å². The number of hydrogen-bond donors (Lipinski definition) is 0. The molecule has 0 spiro atoms. The van der Waals surface area contributed by atoms with E-state index in [0.29, 0.717) is 26.2 Å². The second-order valence-electron chi connectivity index (χ2n) is 3.97. The Morgan fingerprint density at radius 2 is 1.79 bits per heavy atom. The molecular weight excluding hydrogens is 272 g/mol. The number of carbonyl (C=O) groups is 2. The van der Waals surface area contributed by atoms with E-state index in [1.807, 2.05) is 0 Å². The van der Waals surface area contributed by atoms with Crippen molar-refractivity contribution in [3.05, 3.63) is 23.2 Å². The lowest BCUT2D eigenvalue weighted by Gasteiger charge is -2.33. The highest BCUT2D eigenvalue weighted by molar-refractivity contribution is 6.29. The van der Waals surface area contributed by atoms with Gasteiger partial charge < -0.3 is 14.5 Å². The second-order valence-corrected chi connectivity index (χ2v) is 4.36. The smallest absolute Gasteiger partial charge is 0.409 e. The number of aromatic nitrogens is 2. The van der Waals surface area contributed by atoms with E-state index in [4.69, 9.17) is 11.6 Å². The van der Waals surface area contributed by atoms with E-state index in [0.717, 1.165) is 0 Å². The Balaban J connectivity index is 1.96. The molecule has 0 aliphatic carbocycles. The van der Waals surface area contributed by atoms with E-state index >= 15 is 0 Å². The van der Waals surface area contributed by atoms with E-state index < -0.39 is 0 Å². The van der Waals surface area contributed by atoms with Crippen molar-refractivity contribution in [3.63, 3.8) is 0 Å². The van der Waals surface area contributed by atoms with Crippen LogP contribution >= 0.6 is 11.6 Å². The minimum absolute atomic E-state index is 0.214. The van der Waals surface area contributed by atoms with Crippen LogP contribution in [-0.4, -0.2) is 65.1 Å². The van der Waals surface area contributed by atoms with Crippen LogP contribution in [0.15, 0.2) is 12.4 Å². The molecule has 1 aliphatic rings. The number of halogens is 1. The molecule has 0 aromatic carbocycles. The summed E-state index contributed by atoms with van der Waals surface area (Å²) >= 11 is 5.62. The fourth-order valence-corrected chi connectivity index (χ4v) is 1.90. The lowest BCUT2D eigenvalue weighted by molar-refractivity contribution is 0.0594. The predicted octanol–water partition coefficient (Wildman–Crippen LogP) is 0.654. The molecule has 0 N–H and O–H groups in total. The largest absolute Gasteiger partial charge is 0.453 e. The molecule has 2 heterocycles. The van der Waals surface area contributed by atoms with Gasteiger partial charge in [-0.05, 0) is 0 Å². The maximum absolute atomic E-state index is 12.1. The molecule has 2 amide bonds. The van der Waals surface area contributed by atoms with Crippen molar-refractivity contribution in [2.75, 3.05) is 33.3 Å². The highest BCUT2D eigenvalue weighted by atomic mass is 35.5. The van der Waals surface area contributed by atoms with Gasteiger partial charge in [0.05, 0.1) is 19.5 Å². The van der Waals surface area contributed by atoms with E-state index in [9.17, 15) is 9.59 Å². The average molecular weight is 285 g/mol. The third kappa shape index (κ3) is 3.11. The number of amides is 2. The van der Waals surface area contributed by atoms with Crippen molar-refractivity contribution in [1.82, 2.24) is 19.8 Å². The Kier molecular flexibility index (Phi) is 4.16. The molecule has 1 aliphatic heterocycles. The summed E-state index contributed by atoms with van der Waals surface area (Å²) < 4.78 is 4.63. The summed E-state index contributed by atoms with van der Waals surface area (Å²) in [5.74, 6) is -0.214. The second kappa shape index (κ2) is 5.83. The monoisotopic (exact) mass is 284 g/mol. The molecule has 8 heteroatoms. The SMILES string of the molecule is COC(=O)N1CCN(C(=O)c2cnc(Cl)cn2)CC1. The normalized spacial score (nSPS) is 15.3. The number of ether oxygens (including phenoxy) is 1. The number of carbonyl (C=O) groups excluding carboxylic acids is 2. The van der Waals surface area contributed by atoms with Crippen molar-refractivity contribution >= 4 is 23.6 Å². The van der Waals surface area contributed by atoms with Gasteiger partial charge in [-0.1, -0.05) is 11.6 Å². The van der Waals surface area contributed by atoms with Gasteiger partial charge in [0.25, 0.3) is 5.91 Å². The number of rotatable bonds is 1. The van der Waals surface area contributed by atoms with Crippen molar-refractivity contribution < 1.29 is 14.3 Å². The summed E-state index contributed by atoms with van der Waals surface area (Å²) in [6.45, 7) is 1.77. The van der Waals surface area contributed by atoms with E-state index in [2.05, 4.69) is 14.7 Å². The quantitative estimate of drug-likeness (QED) is 0.757. The molecule has 0 saturated carbocycles. The number of nitrogens with zero attached hydrogens (tertiary/aromatic N) is 4. The molecule has 0 radical (unpaired) electrons. The summed E-state index contributed by atoms with van der Waals surface area (Å²) in [6, 6.07) is 0. The first kappa shape index (κ1) is 13.5. The Hall–Kier alpha value is -1.89. The van der Waals surface area contributed by atoms with E-state index in [1.54, 1.807) is 9.80 Å². The van der Waals surface area contributed by atoms with Crippen LogP contribution in [0, 0.1) is 0 Å². The maximum Gasteiger partial charge on any atom is 0.409 e. The van der Waals surface area contributed by atoms with Crippen molar-refractivity contribution in [2.24, 2.45) is 0 Å². The lowest BCUT2D eigenvalue weighted by Crippen LogP contribution is -2.50. The first-order valence-corrected chi connectivity index (χ1v) is 6.09. The Morgan fingerprint density at radius 3 is 2.32 bits per heavy atom. The fourth-order valence-electron chi connectivity index (χ4n) is 1.81. The first-order chi connectivity index (χ1) is 9.11. The van der Waals surface area contributed by atoms with Gasteiger partial charge in [-0.3, -0.25) is 4.79 Å². The molecule has 2 rings (SSSR count). The van der Waals surface area contributed by atoms with Gasteiger partial charge in [0.2, 0.25) is 0 Å². The summed E-state index contributed by atoms with van der Waals surface area (Å²) in [4.78, 5) is 34.3. The standard InChI is InChI=1S/C11H13ClN4O3/c1-19-11(18)16-4-2-15(3-5-16)10(17)8-6-14-9(12)7-13-8/h6-7H,2-5H2,1H3. The maximum atomic E-state index is 12.1. The van der Waals surface area contributed by atoms with Gasteiger partial charge in [-0.15, -0.1) is 0 Å². The molecule has 1 saturated heterocycles. The first-order valence-electron chi connectivity index (χ1n) is 5.71. The minimum atomic E-state index is -0.376. The Morgan fingerprint density at radius 1 is 1.16 bits per heavy atom. The molecular formula is C11H13ClN4O3. The van der Waals surface area contributed by atoms with Gasteiger partial charge in [0.1, 0.15) is 10.8 Å². The van der Waals surface area contributed by atoms with Crippen molar-refractivity contribution in [3.8, 4) is 0 Å². The average Bonchev–Trinajstić information content (AvgIpc) is 2.46. The molecule has 0 bridgehead atoms. The molecule has 19 heavy (non-hydrogen) atoms. The summed E-state index contributed by atoms with van der Waals surface area (Å²) in [6.07, 6.45) is 2.30. The zero-order chi connectivity index (χ0) is 13.8. The molecule has 0 atom stereocenters. The molecule has 1 fully saturated rings. The van der Waals surface area contributed by atoms with E-state index in [1.165, 1.54) is 19.5 Å². The van der Waals surface area contributed by atoms with Crippen LogP contribution in [0.25, 0.3) is 0 Å². The van der Waals surface area contributed by atoms with Crippen LogP contribution in [-0.2, 0) is 4.74 Å². The van der Waals surface area contributed by atoms with Gasteiger partial charge in [0, 0.05) is 26.2 Å². The van der Waals surface area contributed by atoms with Gasteiger partial charge in [0.15, 0.2) is 0 Å². The summed E-state index contributed by atoms with van der Waals surface area (Å²) in [7, 11) is 1.34. The Labute approximate surface area is 115 Å². The Bertz CT molecular complexity index is 471. The topological polar surface area (TPSA) is 75.6 Å². The molecule has 1 aromatic heterocycles. The van der Waals surface area contributed by atoms with Gasteiger partial charge >= 0.3 is 6.09 Å². The van der Waals surface area contributed by atoms with Crippen LogP contribution in [0.2, 0.25) is 5.15 Å². The number of methoxy groups -OCH3 is 1. The third-order valence-corrected chi connectivity index (χ3v) is 3.03. The van der Waals surface area contributed by atoms with Crippen LogP contribution in [0.1, 0.15) is 10.5 Å². The lowest BCUT2D eigenvalue weighted by atomic mass is 10.3. The number of hydrogen-bond acceptors (Lipinski definition) is 5. The molecule has 7 nitrogen and oxygen atoms in total. The fraction of sp³-hybridized carbons (Fsp3) is 0.455. The molecule has 102 valence electrons. The van der Waals surface area contributed by atoms with Crippen LogP contribution < -0.4 is 0 Å². The third-order valence-electron chi connectivity index (χ3n) is 2.84. The zero-order valence-corrected chi connectivity index (χ0v) is 11.1. The number of piperazine rings is 1. The summed E-state index contributed by atoms with van der Waals surface area (Å²) in [5.41, 5.74) is 0.246. The van der Waals surface area contributed by atoms with Crippen LogP contribution in [0.3, 0.4) is 0 Å². The van der Waals surface area contributed by atoms with Gasteiger partial charge in [-0.25, -0.2) is 14.8 Å². The minimum Gasteiger partial charge on any atom is -0.453 e. The van der Waals surface area contributed by atoms with Crippen LogP contribution in [0.5, 0.6) is 0 Å². The molecule has 0 unspecified atom stereocenters. The van der Waals surface area contributed by atoms with Crippen molar-refractivity contribution in [2.45, 2.75) is 0 Å². The predicted molar refractivity (Wildman–Crippen MR) is 66.9 cm³/mol. The summed E-state index contributed by atoms with van der Waals surface area (Å²) in [5, 5.41) is 0.243. The zero-order valence-electron chi connectivity index (χ0n) is 10.4.